The van der Waals surface area contributed by atoms with Gasteiger partial charge in [0.15, 0.2) is 0 Å². The summed E-state index contributed by atoms with van der Waals surface area (Å²) in [6.07, 6.45) is 0. The Labute approximate surface area is 228 Å². The van der Waals surface area contributed by atoms with Gasteiger partial charge in [-0.2, -0.15) is 0 Å². The summed E-state index contributed by atoms with van der Waals surface area (Å²) in [5, 5.41) is 7.88. The number of para-hydroxylation sites is 4. The first kappa shape index (κ1) is 19.8. The molecule has 4 heteroatoms. The maximum atomic E-state index is 6.54. The molecule has 0 radical (unpaired) electrons. The van der Waals surface area contributed by atoms with Crippen molar-refractivity contribution in [2.24, 2.45) is 0 Å². The molecule has 0 aliphatic carbocycles. The van der Waals surface area contributed by atoms with E-state index in [4.69, 9.17) is 4.74 Å². The molecule has 9 aromatic rings. The maximum absolute atomic E-state index is 6.54. The van der Waals surface area contributed by atoms with Crippen LogP contribution in [0.15, 0.2) is 115 Å². The van der Waals surface area contributed by atoms with E-state index in [9.17, 15) is 0 Å². The van der Waals surface area contributed by atoms with E-state index >= 15 is 0 Å². The number of ether oxygens (including phenoxy) is 1. The first-order chi connectivity index (χ1) is 19.9. The molecule has 3 aromatic heterocycles. The van der Waals surface area contributed by atoms with Crippen LogP contribution >= 0.6 is 0 Å². The monoisotopic (exact) mass is 506 g/mol. The van der Waals surface area contributed by atoms with Crippen molar-refractivity contribution in [3.05, 3.63) is 115 Å². The van der Waals surface area contributed by atoms with Gasteiger partial charge in [-0.3, -0.25) is 0 Å². The fraction of sp³-hybridized carbons (Fsp3) is 0. The quantitative estimate of drug-likeness (QED) is 0.206. The van der Waals surface area contributed by atoms with Gasteiger partial charge in [0.1, 0.15) is 11.5 Å². The standard InChI is InChI=1S/C36H19BN2O/c1-4-14-27-20(9-1)23-19-24-21-11-7-13-26-34(21)39(36(24)32-22-10-2-5-15-28(22)38(27)35(23)32)29-16-8-18-31-33(29)37(26)25-12-3-6-17-30(25)40-31/h1-19H. The summed E-state index contributed by atoms with van der Waals surface area (Å²) < 4.78 is 11.6. The number of benzene rings is 6. The third-order valence-electron chi connectivity index (χ3n) is 9.48. The number of hydrogen-bond acceptors (Lipinski definition) is 1. The minimum Gasteiger partial charge on any atom is -0.458 e. The van der Waals surface area contributed by atoms with E-state index in [-0.39, 0.29) is 6.71 Å². The fourth-order valence-electron chi connectivity index (χ4n) is 8.07. The minimum absolute atomic E-state index is 0.140. The summed E-state index contributed by atoms with van der Waals surface area (Å²) in [6, 6.07) is 42.2. The van der Waals surface area contributed by atoms with Crippen LogP contribution in [0.2, 0.25) is 0 Å². The first-order valence-corrected chi connectivity index (χ1v) is 13.9. The van der Waals surface area contributed by atoms with Crippen molar-refractivity contribution >= 4 is 83.0 Å². The van der Waals surface area contributed by atoms with Gasteiger partial charge in [-0.15, -0.1) is 0 Å². The average Bonchev–Trinajstić information content (AvgIpc) is 3.64. The number of aromatic nitrogens is 2. The zero-order chi connectivity index (χ0) is 25.7. The Balaban J connectivity index is 1.46. The van der Waals surface area contributed by atoms with Crippen LogP contribution in [0, 0.1) is 0 Å². The van der Waals surface area contributed by atoms with E-state index < -0.39 is 0 Å². The molecule has 11 rings (SSSR count). The lowest BCUT2D eigenvalue weighted by molar-refractivity contribution is 0.487. The molecule has 2 aliphatic heterocycles. The van der Waals surface area contributed by atoms with Crippen molar-refractivity contribution in [2.75, 3.05) is 0 Å². The van der Waals surface area contributed by atoms with E-state index in [0.717, 1.165) is 11.5 Å². The second-order valence-corrected chi connectivity index (χ2v) is 11.3. The van der Waals surface area contributed by atoms with E-state index in [0.29, 0.717) is 0 Å². The molecule has 0 amide bonds. The summed E-state index contributed by atoms with van der Waals surface area (Å²) in [5.74, 6) is 1.91. The Morgan fingerprint density at radius 1 is 0.500 bits per heavy atom. The molecule has 0 N–H and O–H groups in total. The third kappa shape index (κ3) is 2.03. The molecule has 0 bridgehead atoms. The Morgan fingerprint density at radius 3 is 2.10 bits per heavy atom. The SMILES string of the molecule is c1ccc2c(c1)Oc1cccc3c1B2c1cccc2c4cc5c6ccccc6n6c7ccccc7c(c4n-3c12)c56. The normalized spacial score (nSPS) is 13.7. The van der Waals surface area contributed by atoms with Crippen LogP contribution in [0.1, 0.15) is 0 Å². The van der Waals surface area contributed by atoms with Crippen molar-refractivity contribution in [3.8, 4) is 17.2 Å². The highest BCUT2D eigenvalue weighted by molar-refractivity contribution is 6.99. The lowest BCUT2D eigenvalue weighted by Gasteiger charge is -2.33. The zero-order valence-electron chi connectivity index (χ0n) is 21.3. The van der Waals surface area contributed by atoms with Crippen LogP contribution < -0.4 is 21.1 Å². The second kappa shape index (κ2) is 6.49. The van der Waals surface area contributed by atoms with Crippen molar-refractivity contribution in [3.63, 3.8) is 0 Å². The summed E-state index contributed by atoms with van der Waals surface area (Å²) in [5.41, 5.74) is 11.5. The molecular formula is C36H19BN2O. The van der Waals surface area contributed by atoms with Gasteiger partial charge >= 0.3 is 0 Å². The van der Waals surface area contributed by atoms with Gasteiger partial charge in [0.2, 0.25) is 0 Å². The Kier molecular flexibility index (Phi) is 3.21. The van der Waals surface area contributed by atoms with Crippen LogP contribution in [-0.4, -0.2) is 15.7 Å². The van der Waals surface area contributed by atoms with Crippen LogP contribution in [-0.2, 0) is 0 Å². The first-order valence-electron chi connectivity index (χ1n) is 13.9. The largest absolute Gasteiger partial charge is 0.458 e. The Bertz CT molecular complexity index is 2590. The highest BCUT2D eigenvalue weighted by Gasteiger charge is 2.40. The highest BCUT2D eigenvalue weighted by Crippen LogP contribution is 2.47. The molecule has 0 unspecified atom stereocenters. The van der Waals surface area contributed by atoms with Crippen molar-refractivity contribution in [1.82, 2.24) is 8.97 Å². The highest BCUT2D eigenvalue weighted by atomic mass is 16.5. The molecule has 0 fully saturated rings. The molecule has 0 saturated carbocycles. The van der Waals surface area contributed by atoms with Gasteiger partial charge in [-0.25, -0.2) is 0 Å². The van der Waals surface area contributed by atoms with Gasteiger partial charge in [0, 0.05) is 43.5 Å². The number of fused-ring (bicyclic) bond motifs is 14. The van der Waals surface area contributed by atoms with E-state index in [1.807, 2.05) is 0 Å². The topological polar surface area (TPSA) is 18.6 Å². The van der Waals surface area contributed by atoms with E-state index in [1.165, 1.54) is 82.0 Å². The lowest BCUT2D eigenvalue weighted by atomic mass is 9.34. The average molecular weight is 506 g/mol. The summed E-state index contributed by atoms with van der Waals surface area (Å²) in [6.45, 7) is 0.140. The predicted octanol–water partition coefficient (Wildman–Crippen LogP) is 6.87. The van der Waals surface area contributed by atoms with Crippen molar-refractivity contribution in [2.45, 2.75) is 0 Å². The van der Waals surface area contributed by atoms with Gasteiger partial charge in [0.05, 0.1) is 22.1 Å². The Morgan fingerprint density at radius 2 is 1.18 bits per heavy atom. The molecule has 3 nitrogen and oxygen atoms in total. The zero-order valence-corrected chi connectivity index (χ0v) is 21.3. The second-order valence-electron chi connectivity index (χ2n) is 11.3. The van der Waals surface area contributed by atoms with E-state index in [2.05, 4.69) is 124 Å². The maximum Gasteiger partial charge on any atom is 0.256 e. The molecule has 5 heterocycles. The van der Waals surface area contributed by atoms with Crippen molar-refractivity contribution in [1.29, 1.82) is 0 Å². The smallest absolute Gasteiger partial charge is 0.256 e. The molecule has 2 aliphatic rings. The third-order valence-corrected chi connectivity index (χ3v) is 9.48. The number of hydrogen-bond donors (Lipinski definition) is 0. The van der Waals surface area contributed by atoms with Gasteiger partial charge < -0.3 is 13.7 Å². The van der Waals surface area contributed by atoms with Gasteiger partial charge in [-0.1, -0.05) is 78.9 Å². The fourth-order valence-corrected chi connectivity index (χ4v) is 8.07. The lowest BCUT2D eigenvalue weighted by Crippen LogP contribution is -2.58. The number of rotatable bonds is 0. The van der Waals surface area contributed by atoms with Crippen molar-refractivity contribution < 1.29 is 4.74 Å². The van der Waals surface area contributed by atoms with Crippen LogP contribution in [0.5, 0.6) is 11.5 Å². The predicted molar refractivity (Wildman–Crippen MR) is 167 cm³/mol. The minimum atomic E-state index is 0.140. The molecule has 0 atom stereocenters. The summed E-state index contributed by atoms with van der Waals surface area (Å²) in [7, 11) is 0. The van der Waals surface area contributed by atoms with Gasteiger partial charge in [0.25, 0.3) is 6.71 Å². The molecular weight excluding hydrogens is 487 g/mol. The van der Waals surface area contributed by atoms with E-state index in [1.54, 1.807) is 0 Å². The number of nitrogens with zero attached hydrogens (tertiary/aromatic N) is 2. The summed E-state index contributed by atoms with van der Waals surface area (Å²) >= 11 is 0. The molecule has 182 valence electrons. The van der Waals surface area contributed by atoms with Gasteiger partial charge in [-0.05, 0) is 52.8 Å². The molecule has 0 saturated heterocycles. The molecule has 6 aromatic carbocycles. The van der Waals surface area contributed by atoms with Crippen LogP contribution in [0.25, 0.3) is 65.6 Å². The summed E-state index contributed by atoms with van der Waals surface area (Å²) in [4.78, 5) is 0. The molecule has 40 heavy (non-hydrogen) atoms. The van der Waals surface area contributed by atoms with Crippen LogP contribution in [0.4, 0.5) is 0 Å². The Hall–Kier alpha value is -5.22. The van der Waals surface area contributed by atoms with Crippen LogP contribution in [0.3, 0.4) is 0 Å². The molecule has 0 spiro atoms.